The minimum Gasteiger partial charge on any atom is -0.354 e. The van der Waals surface area contributed by atoms with Crippen LogP contribution in [0.3, 0.4) is 0 Å². The third kappa shape index (κ3) is 3.37. The summed E-state index contributed by atoms with van der Waals surface area (Å²) in [5, 5.41) is 5.76. The Morgan fingerprint density at radius 3 is 2.96 bits per heavy atom. The highest BCUT2D eigenvalue weighted by molar-refractivity contribution is 7.16. The second kappa shape index (κ2) is 6.41. The van der Waals surface area contributed by atoms with Crippen LogP contribution in [-0.4, -0.2) is 29.4 Å². The highest BCUT2D eigenvalue weighted by Crippen LogP contribution is 2.28. The van der Waals surface area contributed by atoms with E-state index < -0.39 is 12.5 Å². The van der Waals surface area contributed by atoms with Crippen molar-refractivity contribution in [2.24, 2.45) is 0 Å². The van der Waals surface area contributed by atoms with Gasteiger partial charge in [0.1, 0.15) is 15.9 Å². The summed E-state index contributed by atoms with van der Waals surface area (Å²) < 4.78 is 25.5. The Balaban J connectivity index is 1.76. The van der Waals surface area contributed by atoms with Gasteiger partial charge in [-0.25, -0.2) is 13.8 Å². The van der Waals surface area contributed by atoms with E-state index in [0.717, 1.165) is 11.3 Å². The number of halogens is 2. The molecule has 8 heteroatoms. The molecule has 120 valence electrons. The molecule has 1 aromatic carbocycles. The van der Waals surface area contributed by atoms with Crippen LogP contribution in [0.2, 0.25) is 0 Å². The molecule has 2 N–H and O–H groups in total. The van der Waals surface area contributed by atoms with Crippen molar-refractivity contribution in [3.63, 3.8) is 0 Å². The predicted molar refractivity (Wildman–Crippen MR) is 81.4 cm³/mol. The van der Waals surface area contributed by atoms with E-state index in [2.05, 4.69) is 15.6 Å². The van der Waals surface area contributed by atoms with Crippen molar-refractivity contribution in [2.75, 3.05) is 6.54 Å². The second-order valence-electron chi connectivity index (χ2n) is 5.06. The molecule has 23 heavy (non-hydrogen) atoms. The van der Waals surface area contributed by atoms with Gasteiger partial charge in [-0.05, 0) is 12.5 Å². The van der Waals surface area contributed by atoms with Gasteiger partial charge in [0.25, 0.3) is 12.3 Å². The van der Waals surface area contributed by atoms with Crippen molar-refractivity contribution in [3.05, 3.63) is 40.9 Å². The molecule has 2 amide bonds. The van der Waals surface area contributed by atoms with Crippen molar-refractivity contribution >= 4 is 23.2 Å². The Bertz CT molecular complexity index is 748. The zero-order valence-corrected chi connectivity index (χ0v) is 12.7. The van der Waals surface area contributed by atoms with Crippen LogP contribution in [0.25, 0.3) is 10.6 Å². The number of aromatic nitrogens is 1. The SMILES string of the molecule is O=C(NC1CCNC1=O)c1cnc(-c2cccc(C(F)F)c2)s1. The standard InChI is InChI=1S/C15H13F2N3O2S/c16-12(17)8-2-1-3-9(6-8)15-19-7-11(23-15)14(22)20-10-4-5-18-13(10)21/h1-3,6-7,10,12H,4-5H2,(H,18,21)(H,20,22). The first-order chi connectivity index (χ1) is 11.0. The summed E-state index contributed by atoms with van der Waals surface area (Å²) in [6, 6.07) is 5.36. The summed E-state index contributed by atoms with van der Waals surface area (Å²) in [7, 11) is 0. The van der Waals surface area contributed by atoms with Crippen LogP contribution < -0.4 is 10.6 Å². The number of carbonyl (C=O) groups excluding carboxylic acids is 2. The molecule has 1 atom stereocenters. The first-order valence-electron chi connectivity index (χ1n) is 6.97. The Hall–Kier alpha value is -2.35. The molecule has 3 rings (SSSR count). The lowest BCUT2D eigenvalue weighted by atomic mass is 10.1. The molecule has 1 aliphatic heterocycles. The average molecular weight is 337 g/mol. The molecule has 1 aromatic heterocycles. The van der Waals surface area contributed by atoms with E-state index in [9.17, 15) is 18.4 Å². The number of hydrogen-bond donors (Lipinski definition) is 2. The zero-order chi connectivity index (χ0) is 16.4. The predicted octanol–water partition coefficient (Wildman–Crippen LogP) is 2.37. The number of amides is 2. The zero-order valence-electron chi connectivity index (χ0n) is 11.9. The smallest absolute Gasteiger partial charge is 0.263 e. The fourth-order valence-corrected chi connectivity index (χ4v) is 3.10. The van der Waals surface area contributed by atoms with Gasteiger partial charge in [-0.3, -0.25) is 9.59 Å². The largest absolute Gasteiger partial charge is 0.354 e. The first-order valence-corrected chi connectivity index (χ1v) is 7.79. The van der Waals surface area contributed by atoms with Gasteiger partial charge in [0.05, 0.1) is 6.20 Å². The van der Waals surface area contributed by atoms with Gasteiger partial charge >= 0.3 is 0 Å². The Labute approximate surface area is 134 Å². The van der Waals surface area contributed by atoms with Gasteiger partial charge in [-0.15, -0.1) is 11.3 Å². The van der Waals surface area contributed by atoms with Crippen LogP contribution >= 0.6 is 11.3 Å². The molecule has 5 nitrogen and oxygen atoms in total. The highest BCUT2D eigenvalue weighted by Gasteiger charge is 2.26. The molecule has 0 saturated carbocycles. The Morgan fingerprint density at radius 2 is 2.26 bits per heavy atom. The lowest BCUT2D eigenvalue weighted by Crippen LogP contribution is -2.39. The van der Waals surface area contributed by atoms with Crippen LogP contribution in [0, 0.1) is 0 Å². The van der Waals surface area contributed by atoms with Crippen LogP contribution in [0.15, 0.2) is 30.5 Å². The fourth-order valence-electron chi connectivity index (χ4n) is 2.28. The summed E-state index contributed by atoms with van der Waals surface area (Å²) in [4.78, 5) is 28.0. The van der Waals surface area contributed by atoms with Crippen LogP contribution in [0.4, 0.5) is 8.78 Å². The molecule has 1 aliphatic rings. The minimum absolute atomic E-state index is 0.0914. The number of benzene rings is 1. The van der Waals surface area contributed by atoms with E-state index in [1.54, 1.807) is 6.07 Å². The number of carbonyl (C=O) groups is 2. The number of nitrogens with one attached hydrogen (secondary N) is 2. The van der Waals surface area contributed by atoms with E-state index in [4.69, 9.17) is 0 Å². The third-order valence-electron chi connectivity index (χ3n) is 3.47. The van der Waals surface area contributed by atoms with Crippen molar-refractivity contribution < 1.29 is 18.4 Å². The third-order valence-corrected chi connectivity index (χ3v) is 4.51. The van der Waals surface area contributed by atoms with Gasteiger partial charge < -0.3 is 10.6 Å². The van der Waals surface area contributed by atoms with Crippen LogP contribution in [0.5, 0.6) is 0 Å². The maximum Gasteiger partial charge on any atom is 0.263 e. The van der Waals surface area contributed by atoms with E-state index in [1.807, 2.05) is 0 Å². The van der Waals surface area contributed by atoms with Crippen LogP contribution in [0.1, 0.15) is 28.1 Å². The summed E-state index contributed by atoms with van der Waals surface area (Å²) >= 11 is 1.10. The fraction of sp³-hybridized carbons (Fsp3) is 0.267. The monoisotopic (exact) mass is 337 g/mol. The summed E-state index contributed by atoms with van der Waals surface area (Å²) in [5.74, 6) is -0.589. The van der Waals surface area contributed by atoms with E-state index in [0.29, 0.717) is 28.4 Å². The Morgan fingerprint density at radius 1 is 1.43 bits per heavy atom. The van der Waals surface area contributed by atoms with Crippen molar-refractivity contribution in [1.29, 1.82) is 0 Å². The molecule has 2 aromatic rings. The lowest BCUT2D eigenvalue weighted by molar-refractivity contribution is -0.120. The topological polar surface area (TPSA) is 71.1 Å². The summed E-state index contributed by atoms with van der Waals surface area (Å²) in [6.45, 7) is 0.540. The second-order valence-corrected chi connectivity index (χ2v) is 6.09. The number of nitrogens with zero attached hydrogens (tertiary/aromatic N) is 1. The number of hydrogen-bond acceptors (Lipinski definition) is 4. The molecule has 0 aliphatic carbocycles. The molecular formula is C15H13F2N3O2S. The maximum atomic E-state index is 12.7. The lowest BCUT2D eigenvalue weighted by Gasteiger charge is -2.07. The van der Waals surface area contributed by atoms with E-state index in [1.165, 1.54) is 24.4 Å². The van der Waals surface area contributed by atoms with Crippen LogP contribution in [-0.2, 0) is 4.79 Å². The van der Waals surface area contributed by atoms with Gasteiger partial charge in [-0.1, -0.05) is 18.2 Å². The maximum absolute atomic E-state index is 12.7. The molecule has 1 fully saturated rings. The molecule has 2 heterocycles. The normalized spacial score (nSPS) is 17.3. The minimum atomic E-state index is -2.56. The number of alkyl halides is 2. The first kappa shape index (κ1) is 15.5. The number of thiazole rings is 1. The summed E-state index contributed by atoms with van der Waals surface area (Å²) in [6.07, 6.45) is -0.622. The van der Waals surface area contributed by atoms with Crippen molar-refractivity contribution in [2.45, 2.75) is 18.9 Å². The molecule has 1 unspecified atom stereocenters. The van der Waals surface area contributed by atoms with E-state index in [-0.39, 0.29) is 17.4 Å². The van der Waals surface area contributed by atoms with Crippen molar-refractivity contribution in [3.8, 4) is 10.6 Å². The molecular weight excluding hydrogens is 324 g/mol. The molecule has 0 spiro atoms. The average Bonchev–Trinajstić information content (AvgIpc) is 3.17. The number of rotatable bonds is 4. The molecule has 1 saturated heterocycles. The summed E-state index contributed by atoms with van der Waals surface area (Å²) in [5.41, 5.74) is 0.441. The quantitative estimate of drug-likeness (QED) is 0.900. The Kier molecular flexibility index (Phi) is 4.33. The van der Waals surface area contributed by atoms with Gasteiger partial charge in [0, 0.05) is 17.7 Å². The molecule has 0 bridgehead atoms. The van der Waals surface area contributed by atoms with E-state index >= 15 is 0 Å². The highest BCUT2D eigenvalue weighted by atomic mass is 32.1. The molecule has 0 radical (unpaired) electrons. The van der Waals surface area contributed by atoms with Gasteiger partial charge in [-0.2, -0.15) is 0 Å². The van der Waals surface area contributed by atoms with Gasteiger partial charge in [0.2, 0.25) is 5.91 Å². The van der Waals surface area contributed by atoms with Gasteiger partial charge in [0.15, 0.2) is 0 Å². The van der Waals surface area contributed by atoms with Crippen molar-refractivity contribution in [1.82, 2.24) is 15.6 Å².